The van der Waals surface area contributed by atoms with Crippen molar-refractivity contribution in [1.82, 2.24) is 0 Å². The molecule has 2 bridgehead atoms. The van der Waals surface area contributed by atoms with Gasteiger partial charge in [0.05, 0.1) is 19.0 Å². The zero-order valence-corrected chi connectivity index (χ0v) is 11.6. The molecule has 0 radical (unpaired) electrons. The Kier molecular flexibility index (Phi) is 3.04. The summed E-state index contributed by atoms with van der Waals surface area (Å²) in [4.78, 5) is 3.84. The summed E-state index contributed by atoms with van der Waals surface area (Å²) in [7, 11) is 0. The molecule has 1 aliphatic carbocycles. The SMILES string of the molecule is CC1=C[C@H](C)[C@H](C2[NH+]3CCC[NH+]2CC3)[C@H](C)C1. The van der Waals surface area contributed by atoms with Gasteiger partial charge in [-0.05, 0) is 25.2 Å². The van der Waals surface area contributed by atoms with Crippen LogP contribution in [0.25, 0.3) is 0 Å². The fraction of sp³-hybridized carbons (Fsp3) is 0.867. The van der Waals surface area contributed by atoms with Gasteiger partial charge in [-0.15, -0.1) is 0 Å². The van der Waals surface area contributed by atoms with E-state index < -0.39 is 0 Å². The highest BCUT2D eigenvalue weighted by atomic mass is 15.4. The summed E-state index contributed by atoms with van der Waals surface area (Å²) in [5.74, 6) is 2.61. The molecule has 17 heavy (non-hydrogen) atoms. The van der Waals surface area contributed by atoms with Crippen molar-refractivity contribution in [2.24, 2.45) is 17.8 Å². The van der Waals surface area contributed by atoms with Crippen LogP contribution in [-0.4, -0.2) is 32.3 Å². The van der Waals surface area contributed by atoms with E-state index >= 15 is 0 Å². The first-order valence-electron chi connectivity index (χ1n) is 7.53. The summed E-state index contributed by atoms with van der Waals surface area (Å²) in [6, 6.07) is 0. The minimum atomic E-state index is 0.796. The third-order valence-corrected chi connectivity index (χ3v) is 5.48. The number of nitrogens with one attached hydrogen (secondary N) is 2. The van der Waals surface area contributed by atoms with Crippen molar-refractivity contribution in [2.75, 3.05) is 26.2 Å². The van der Waals surface area contributed by atoms with Crippen molar-refractivity contribution in [3.05, 3.63) is 11.6 Å². The van der Waals surface area contributed by atoms with E-state index in [4.69, 9.17) is 0 Å². The van der Waals surface area contributed by atoms with Gasteiger partial charge in [0, 0.05) is 6.42 Å². The Morgan fingerprint density at radius 3 is 2.29 bits per heavy atom. The third-order valence-electron chi connectivity index (χ3n) is 5.48. The van der Waals surface area contributed by atoms with Gasteiger partial charge in [0.25, 0.3) is 0 Å². The predicted molar refractivity (Wildman–Crippen MR) is 70.0 cm³/mol. The minimum Gasteiger partial charge on any atom is -0.281 e. The molecule has 2 aliphatic heterocycles. The average Bonchev–Trinajstić information content (AvgIpc) is 2.50. The second-order valence-corrected chi connectivity index (χ2v) is 6.78. The highest BCUT2D eigenvalue weighted by Gasteiger charge is 2.50. The van der Waals surface area contributed by atoms with Crippen molar-refractivity contribution in [3.63, 3.8) is 0 Å². The summed E-state index contributed by atoms with van der Waals surface area (Å²) in [5, 5.41) is 0. The van der Waals surface area contributed by atoms with Crippen molar-refractivity contribution >= 4 is 0 Å². The molecule has 0 amide bonds. The van der Waals surface area contributed by atoms with Crippen LogP contribution in [0.5, 0.6) is 0 Å². The molecule has 96 valence electrons. The molecule has 5 atom stereocenters. The molecule has 0 aromatic rings. The number of hydrogen-bond acceptors (Lipinski definition) is 0. The Labute approximate surface area is 106 Å². The highest BCUT2D eigenvalue weighted by molar-refractivity contribution is 5.08. The van der Waals surface area contributed by atoms with Gasteiger partial charge in [0.15, 0.2) is 0 Å². The van der Waals surface area contributed by atoms with Crippen LogP contribution in [0.15, 0.2) is 11.6 Å². The standard InChI is InChI=1S/C15H26N2/c1-11-9-12(2)14(13(3)10-11)15-16-5-4-6-17(15)8-7-16/h9,12-15H,4-8,10H2,1-3H3/p+2/t12-,13+,14-/m0/s1. The molecule has 3 aliphatic rings. The Morgan fingerprint density at radius 1 is 1.06 bits per heavy atom. The van der Waals surface area contributed by atoms with Crippen LogP contribution in [0.1, 0.15) is 33.6 Å². The van der Waals surface area contributed by atoms with Gasteiger partial charge in [-0.25, -0.2) is 0 Å². The number of allylic oxidation sites excluding steroid dienone is 2. The second kappa shape index (κ2) is 4.40. The van der Waals surface area contributed by atoms with E-state index in [1.54, 1.807) is 5.57 Å². The topological polar surface area (TPSA) is 8.88 Å². The predicted octanol–water partition coefficient (Wildman–Crippen LogP) is -0.262. The molecule has 2 heteroatoms. The fourth-order valence-corrected chi connectivity index (χ4v) is 4.99. The maximum absolute atomic E-state index is 2.56. The van der Waals surface area contributed by atoms with Crippen molar-refractivity contribution in [1.29, 1.82) is 0 Å². The van der Waals surface area contributed by atoms with Crippen molar-refractivity contribution < 1.29 is 9.80 Å². The van der Waals surface area contributed by atoms with Crippen LogP contribution in [0.4, 0.5) is 0 Å². The molecule has 0 aromatic heterocycles. The van der Waals surface area contributed by atoms with Gasteiger partial charge in [-0.3, -0.25) is 9.80 Å². The van der Waals surface area contributed by atoms with Crippen LogP contribution >= 0.6 is 0 Å². The first kappa shape index (κ1) is 11.7. The Bertz CT molecular complexity index is 307. The maximum atomic E-state index is 2.56. The molecule has 2 nitrogen and oxygen atoms in total. The van der Waals surface area contributed by atoms with Gasteiger partial charge < -0.3 is 0 Å². The molecular weight excluding hydrogens is 208 g/mol. The Hall–Kier alpha value is -0.340. The molecule has 0 spiro atoms. The van der Waals surface area contributed by atoms with Crippen molar-refractivity contribution in [3.8, 4) is 0 Å². The normalized spacial score (nSPS) is 50.2. The van der Waals surface area contributed by atoms with Gasteiger partial charge in [-0.2, -0.15) is 0 Å². The van der Waals surface area contributed by atoms with E-state index in [2.05, 4.69) is 26.8 Å². The number of quaternary nitrogens is 2. The van der Waals surface area contributed by atoms with E-state index in [1.165, 1.54) is 39.0 Å². The highest BCUT2D eigenvalue weighted by Crippen LogP contribution is 2.34. The first-order valence-corrected chi connectivity index (χ1v) is 7.53. The molecule has 2 N–H and O–H groups in total. The van der Waals surface area contributed by atoms with Gasteiger partial charge in [0.1, 0.15) is 13.1 Å². The molecule has 0 aromatic carbocycles. The van der Waals surface area contributed by atoms with Gasteiger partial charge >= 0.3 is 0 Å². The first-order chi connectivity index (χ1) is 8.16. The Balaban J connectivity index is 1.84. The fourth-order valence-electron chi connectivity index (χ4n) is 4.99. The van der Waals surface area contributed by atoms with Crippen molar-refractivity contribution in [2.45, 2.75) is 39.8 Å². The molecule has 3 rings (SSSR count). The van der Waals surface area contributed by atoms with Crippen LogP contribution in [0.3, 0.4) is 0 Å². The minimum absolute atomic E-state index is 0.796. The van der Waals surface area contributed by atoms with E-state index in [9.17, 15) is 0 Å². The summed E-state index contributed by atoms with van der Waals surface area (Å²) in [6.07, 6.45) is 6.26. The van der Waals surface area contributed by atoms with Crippen LogP contribution in [0, 0.1) is 17.8 Å². The zero-order chi connectivity index (χ0) is 12.0. The third kappa shape index (κ3) is 1.96. The average molecular weight is 236 g/mol. The summed E-state index contributed by atoms with van der Waals surface area (Å²) >= 11 is 0. The second-order valence-electron chi connectivity index (χ2n) is 6.78. The largest absolute Gasteiger partial charge is 0.281 e. The lowest BCUT2D eigenvalue weighted by Crippen LogP contribution is -3.32. The number of fused-ring (bicyclic) bond motifs is 2. The molecule has 0 saturated carbocycles. The molecule has 2 fully saturated rings. The van der Waals surface area contributed by atoms with E-state index in [1.807, 2.05) is 9.80 Å². The van der Waals surface area contributed by atoms with Gasteiger partial charge in [0.2, 0.25) is 6.17 Å². The molecular formula is C15H28N2+2. The number of rotatable bonds is 1. The lowest BCUT2D eigenvalue weighted by molar-refractivity contribution is -1.09. The summed E-state index contributed by atoms with van der Waals surface area (Å²) in [5.41, 5.74) is 1.62. The Morgan fingerprint density at radius 2 is 1.71 bits per heavy atom. The lowest BCUT2D eigenvalue weighted by atomic mass is 9.72. The van der Waals surface area contributed by atoms with E-state index in [-0.39, 0.29) is 0 Å². The van der Waals surface area contributed by atoms with E-state index in [0.29, 0.717) is 0 Å². The van der Waals surface area contributed by atoms with Gasteiger partial charge in [-0.1, -0.05) is 25.5 Å². The molecule has 2 saturated heterocycles. The molecule has 2 heterocycles. The monoisotopic (exact) mass is 236 g/mol. The lowest BCUT2D eigenvalue weighted by Gasteiger charge is -2.41. The molecule has 2 unspecified atom stereocenters. The van der Waals surface area contributed by atoms with Crippen LogP contribution < -0.4 is 9.80 Å². The summed E-state index contributed by atoms with van der Waals surface area (Å²) in [6.45, 7) is 13.0. The maximum Gasteiger partial charge on any atom is 0.217 e. The quantitative estimate of drug-likeness (QED) is 0.581. The number of hydrogen-bond donors (Lipinski definition) is 2. The smallest absolute Gasteiger partial charge is 0.217 e. The van der Waals surface area contributed by atoms with E-state index in [0.717, 1.165) is 23.9 Å². The van der Waals surface area contributed by atoms with Crippen LogP contribution in [-0.2, 0) is 0 Å². The van der Waals surface area contributed by atoms with Crippen LogP contribution in [0.2, 0.25) is 0 Å². The zero-order valence-electron chi connectivity index (χ0n) is 11.6. The summed E-state index contributed by atoms with van der Waals surface area (Å²) < 4.78 is 0.